The highest BCUT2D eigenvalue weighted by molar-refractivity contribution is 6.32. The smallest absolute Gasteiger partial charge is 0.120 e. The molecule has 0 fully saturated rings. The van der Waals surface area contributed by atoms with Gasteiger partial charge in [0.25, 0.3) is 0 Å². The minimum Gasteiger partial charge on any atom is -0.491 e. The second kappa shape index (κ2) is 7.87. The summed E-state index contributed by atoms with van der Waals surface area (Å²) in [6.07, 6.45) is 0.480. The number of ether oxygens (including phenoxy) is 1. The third-order valence-electron chi connectivity index (χ3n) is 3.64. The van der Waals surface area contributed by atoms with Gasteiger partial charge in [0.2, 0.25) is 0 Å². The molecule has 0 saturated heterocycles. The van der Waals surface area contributed by atoms with Gasteiger partial charge in [0.1, 0.15) is 18.5 Å². The number of hydrogen-bond donors (Lipinski definition) is 2. The maximum atomic E-state index is 10.2. The molecular weight excluding hydrogens is 310 g/mol. The summed E-state index contributed by atoms with van der Waals surface area (Å²) in [6, 6.07) is 3.80. The van der Waals surface area contributed by atoms with Crippen LogP contribution in [0.1, 0.15) is 52.2 Å². The molecule has 0 bridgehead atoms. The molecule has 0 radical (unpaired) electrons. The van der Waals surface area contributed by atoms with Crippen molar-refractivity contribution in [2.75, 3.05) is 13.2 Å². The van der Waals surface area contributed by atoms with Crippen molar-refractivity contribution in [1.82, 2.24) is 5.32 Å². The van der Waals surface area contributed by atoms with Crippen LogP contribution in [0.25, 0.3) is 0 Å². The first-order valence-electron chi connectivity index (χ1n) is 8.22. The lowest BCUT2D eigenvalue weighted by molar-refractivity contribution is 0.0943. The minimum atomic E-state index is -0.550. The van der Waals surface area contributed by atoms with E-state index in [2.05, 4.69) is 39.9 Å². The van der Waals surface area contributed by atoms with E-state index in [4.69, 9.17) is 16.3 Å². The average molecular weight is 342 g/mol. The van der Waals surface area contributed by atoms with Gasteiger partial charge in [-0.05, 0) is 62.8 Å². The summed E-state index contributed by atoms with van der Waals surface area (Å²) in [7, 11) is 0. The molecule has 1 aromatic carbocycles. The Labute approximate surface area is 146 Å². The number of nitrogens with one attached hydrogen (secondary N) is 1. The molecule has 2 N–H and O–H groups in total. The van der Waals surface area contributed by atoms with Crippen molar-refractivity contribution < 1.29 is 9.84 Å². The monoisotopic (exact) mass is 341 g/mol. The van der Waals surface area contributed by atoms with E-state index in [0.29, 0.717) is 6.54 Å². The van der Waals surface area contributed by atoms with Crippen molar-refractivity contribution >= 4 is 11.6 Å². The van der Waals surface area contributed by atoms with Crippen LogP contribution in [0.3, 0.4) is 0 Å². The zero-order valence-electron chi connectivity index (χ0n) is 15.6. The lowest BCUT2D eigenvalue weighted by atomic mass is 9.82. The zero-order valence-corrected chi connectivity index (χ0v) is 16.3. The third-order valence-corrected chi connectivity index (χ3v) is 4.24. The van der Waals surface area contributed by atoms with Gasteiger partial charge < -0.3 is 15.2 Å². The Morgan fingerprint density at radius 2 is 1.65 bits per heavy atom. The van der Waals surface area contributed by atoms with Crippen molar-refractivity contribution in [2.45, 2.75) is 66.5 Å². The Hall–Kier alpha value is -0.770. The Morgan fingerprint density at radius 3 is 2.13 bits per heavy atom. The van der Waals surface area contributed by atoms with Crippen molar-refractivity contribution in [1.29, 1.82) is 0 Å². The van der Waals surface area contributed by atoms with Gasteiger partial charge in [-0.25, -0.2) is 0 Å². The Kier molecular flexibility index (Phi) is 6.94. The maximum Gasteiger partial charge on any atom is 0.120 e. The second-order valence-corrected chi connectivity index (χ2v) is 8.72. The summed E-state index contributed by atoms with van der Waals surface area (Å²) in [4.78, 5) is 0. The minimum absolute atomic E-state index is 0.0212. The number of rotatable bonds is 7. The summed E-state index contributed by atoms with van der Waals surface area (Å²) in [6.45, 7) is 15.7. The van der Waals surface area contributed by atoms with Crippen LogP contribution in [0.2, 0.25) is 5.02 Å². The van der Waals surface area contributed by atoms with Crippen LogP contribution in [0, 0.1) is 19.3 Å². The highest BCUT2D eigenvalue weighted by Crippen LogP contribution is 2.27. The van der Waals surface area contributed by atoms with Gasteiger partial charge in [-0.2, -0.15) is 0 Å². The molecule has 0 saturated carbocycles. The average Bonchev–Trinajstić information content (AvgIpc) is 2.37. The third kappa shape index (κ3) is 7.56. The van der Waals surface area contributed by atoms with E-state index < -0.39 is 6.10 Å². The number of hydrogen-bond acceptors (Lipinski definition) is 3. The Bertz CT molecular complexity index is 498. The molecule has 4 heteroatoms. The van der Waals surface area contributed by atoms with E-state index in [1.165, 1.54) is 0 Å². The quantitative estimate of drug-likeness (QED) is 0.767. The van der Waals surface area contributed by atoms with Crippen molar-refractivity contribution in [3.63, 3.8) is 0 Å². The zero-order chi connectivity index (χ0) is 17.8. The van der Waals surface area contributed by atoms with E-state index in [0.717, 1.165) is 28.3 Å². The molecule has 1 atom stereocenters. The predicted octanol–water partition coefficient (Wildman–Crippen LogP) is 4.50. The number of aliphatic hydroxyl groups is 1. The summed E-state index contributed by atoms with van der Waals surface area (Å²) < 4.78 is 5.70. The molecule has 0 aromatic heterocycles. The molecule has 0 aliphatic rings. The van der Waals surface area contributed by atoms with Crippen LogP contribution in [0.15, 0.2) is 12.1 Å². The molecule has 0 amide bonds. The fourth-order valence-corrected chi connectivity index (χ4v) is 3.13. The molecule has 1 aromatic rings. The summed E-state index contributed by atoms with van der Waals surface area (Å²) in [5, 5.41) is 14.4. The van der Waals surface area contributed by atoms with Crippen LogP contribution >= 0.6 is 11.6 Å². The van der Waals surface area contributed by atoms with Gasteiger partial charge in [-0.15, -0.1) is 0 Å². The molecule has 0 spiro atoms. The molecular formula is C19H32ClNO2. The summed E-state index contributed by atoms with van der Waals surface area (Å²) in [5.74, 6) is 0.748. The standard InChI is InChI=1S/C19H32ClNO2/c1-13-8-16(9-14(2)17(13)20)23-11-15(22)10-21-19(6,7)12-18(3,4)5/h8-9,15,21-22H,10-12H2,1-7H3. The van der Waals surface area contributed by atoms with E-state index in [-0.39, 0.29) is 17.6 Å². The van der Waals surface area contributed by atoms with Crippen molar-refractivity contribution in [2.24, 2.45) is 5.41 Å². The lowest BCUT2D eigenvalue weighted by Crippen LogP contribution is -2.46. The molecule has 3 nitrogen and oxygen atoms in total. The Balaban J connectivity index is 2.47. The molecule has 1 rings (SSSR count). The van der Waals surface area contributed by atoms with Crippen LogP contribution in [-0.2, 0) is 0 Å². The highest BCUT2D eigenvalue weighted by atomic mass is 35.5. The van der Waals surface area contributed by atoms with Crippen LogP contribution in [0.4, 0.5) is 0 Å². The fraction of sp³-hybridized carbons (Fsp3) is 0.684. The lowest BCUT2D eigenvalue weighted by Gasteiger charge is -2.34. The number of halogens is 1. The summed E-state index contributed by atoms with van der Waals surface area (Å²) in [5.41, 5.74) is 2.20. The summed E-state index contributed by atoms with van der Waals surface area (Å²) >= 11 is 6.15. The molecule has 132 valence electrons. The molecule has 0 aliphatic carbocycles. The first kappa shape index (κ1) is 20.3. The molecule has 1 unspecified atom stereocenters. The van der Waals surface area contributed by atoms with Crippen LogP contribution in [0.5, 0.6) is 5.75 Å². The normalized spacial score (nSPS) is 14.0. The highest BCUT2D eigenvalue weighted by Gasteiger charge is 2.25. The van der Waals surface area contributed by atoms with E-state index >= 15 is 0 Å². The molecule has 23 heavy (non-hydrogen) atoms. The van der Waals surface area contributed by atoms with E-state index in [9.17, 15) is 5.11 Å². The van der Waals surface area contributed by atoms with Crippen LogP contribution in [-0.4, -0.2) is 29.9 Å². The topological polar surface area (TPSA) is 41.5 Å². The number of benzene rings is 1. The van der Waals surface area contributed by atoms with Gasteiger partial charge in [0, 0.05) is 17.1 Å². The first-order chi connectivity index (χ1) is 10.4. The van der Waals surface area contributed by atoms with E-state index in [1.807, 2.05) is 26.0 Å². The SMILES string of the molecule is Cc1cc(OCC(O)CNC(C)(C)CC(C)(C)C)cc(C)c1Cl. The first-order valence-corrected chi connectivity index (χ1v) is 8.60. The second-order valence-electron chi connectivity index (χ2n) is 8.34. The maximum absolute atomic E-state index is 10.2. The van der Waals surface area contributed by atoms with Gasteiger partial charge in [-0.3, -0.25) is 0 Å². The van der Waals surface area contributed by atoms with E-state index in [1.54, 1.807) is 0 Å². The number of aryl methyl sites for hydroxylation is 2. The van der Waals surface area contributed by atoms with Crippen LogP contribution < -0.4 is 10.1 Å². The fourth-order valence-electron chi connectivity index (χ4n) is 3.02. The largest absolute Gasteiger partial charge is 0.491 e. The van der Waals surface area contributed by atoms with Gasteiger partial charge in [-0.1, -0.05) is 32.4 Å². The number of aliphatic hydroxyl groups excluding tert-OH is 1. The van der Waals surface area contributed by atoms with Gasteiger partial charge in [0.05, 0.1) is 0 Å². The predicted molar refractivity (Wildman–Crippen MR) is 98.6 cm³/mol. The molecule has 0 heterocycles. The molecule has 0 aliphatic heterocycles. The Morgan fingerprint density at radius 1 is 1.13 bits per heavy atom. The number of β-amino-alcohol motifs (C(OH)–C–C–N with tert-alkyl or cyclic N) is 1. The van der Waals surface area contributed by atoms with Gasteiger partial charge >= 0.3 is 0 Å². The van der Waals surface area contributed by atoms with Gasteiger partial charge in [0.15, 0.2) is 0 Å². The van der Waals surface area contributed by atoms with Crippen molar-refractivity contribution in [3.8, 4) is 5.75 Å². The van der Waals surface area contributed by atoms with Crippen molar-refractivity contribution in [3.05, 3.63) is 28.3 Å².